The molecule has 0 heterocycles. The molecule has 0 atom stereocenters. The second-order valence-electron chi connectivity index (χ2n) is 13.1. The van der Waals surface area contributed by atoms with E-state index in [0.717, 1.165) is 56.4 Å². The van der Waals surface area contributed by atoms with Gasteiger partial charge >= 0.3 is 0 Å². The molecule has 4 nitrogen and oxygen atoms in total. The Balaban J connectivity index is 1.02. The van der Waals surface area contributed by atoms with Crippen LogP contribution in [-0.2, 0) is 0 Å². The number of hydrogen-bond acceptors (Lipinski definition) is 3. The topological polar surface area (TPSA) is 34.6 Å². The second-order valence-corrected chi connectivity index (χ2v) is 13.1. The molecule has 0 fully saturated rings. The molecule has 0 saturated carbocycles. The van der Waals surface area contributed by atoms with Gasteiger partial charge < -0.3 is 9.80 Å². The maximum Gasteiger partial charge on any atom is 0.187 e. The van der Waals surface area contributed by atoms with E-state index in [0.29, 0.717) is 11.3 Å². The van der Waals surface area contributed by atoms with Crippen LogP contribution in [0.5, 0.6) is 0 Å². The molecule has 7 aromatic rings. The van der Waals surface area contributed by atoms with Crippen LogP contribution in [0.4, 0.5) is 39.8 Å². The maximum atomic E-state index is 9.29. The Morgan fingerprint density at radius 3 is 0.963 bits per heavy atom. The standard InChI is InChI=1S/C50H38N4/c1-37-4-24-45(25-5-37)53(49-32-20-43(36-51)21-33-49)47-28-16-41(17-29-47)14-12-39-8-10-40(11-9-39)13-15-42-18-30-48(31-19-42)54(46-26-6-38(2)7-27-46)50-34-22-44(52-3)23-35-50/h4-35H,1-2H3/b14-12+,15-13+. The van der Waals surface area contributed by atoms with Crippen LogP contribution in [0.25, 0.3) is 29.1 Å². The number of nitrogens with zero attached hydrogens (tertiary/aromatic N) is 4. The summed E-state index contributed by atoms with van der Waals surface area (Å²) in [5, 5.41) is 9.29. The summed E-state index contributed by atoms with van der Waals surface area (Å²) in [6.45, 7) is 11.5. The first-order valence-electron chi connectivity index (χ1n) is 17.8. The Bertz CT molecular complexity index is 2280. The molecule has 0 amide bonds. The van der Waals surface area contributed by atoms with E-state index in [-0.39, 0.29) is 0 Å². The van der Waals surface area contributed by atoms with Crippen LogP contribution in [0.1, 0.15) is 38.9 Å². The minimum atomic E-state index is 0.626. The molecule has 0 bridgehead atoms. The van der Waals surface area contributed by atoms with Crippen LogP contribution in [0.15, 0.2) is 170 Å². The Morgan fingerprint density at radius 1 is 0.407 bits per heavy atom. The van der Waals surface area contributed by atoms with Crippen molar-refractivity contribution in [3.8, 4) is 6.07 Å². The monoisotopic (exact) mass is 694 g/mol. The van der Waals surface area contributed by atoms with Crippen LogP contribution in [0, 0.1) is 31.8 Å². The number of hydrogen-bond donors (Lipinski definition) is 0. The van der Waals surface area contributed by atoms with Crippen LogP contribution >= 0.6 is 0 Å². The third-order valence-electron chi connectivity index (χ3n) is 9.25. The zero-order valence-electron chi connectivity index (χ0n) is 30.3. The van der Waals surface area contributed by atoms with Crippen molar-refractivity contribution in [1.29, 1.82) is 5.26 Å². The lowest BCUT2D eigenvalue weighted by atomic mass is 10.1. The van der Waals surface area contributed by atoms with Gasteiger partial charge in [-0.1, -0.05) is 120 Å². The maximum absolute atomic E-state index is 9.29. The highest BCUT2D eigenvalue weighted by Gasteiger charge is 2.14. The molecule has 258 valence electrons. The molecule has 7 rings (SSSR count). The normalized spacial score (nSPS) is 11.0. The van der Waals surface area contributed by atoms with Crippen molar-refractivity contribution in [1.82, 2.24) is 0 Å². The average molecular weight is 695 g/mol. The van der Waals surface area contributed by atoms with Gasteiger partial charge in [-0.3, -0.25) is 0 Å². The van der Waals surface area contributed by atoms with Crippen LogP contribution in [-0.4, -0.2) is 0 Å². The summed E-state index contributed by atoms with van der Waals surface area (Å²) in [7, 11) is 0. The summed E-state index contributed by atoms with van der Waals surface area (Å²) in [6, 6.07) is 60.2. The van der Waals surface area contributed by atoms with Gasteiger partial charge in [0.2, 0.25) is 0 Å². The highest BCUT2D eigenvalue weighted by atomic mass is 15.1. The Hall–Kier alpha value is -7.40. The minimum Gasteiger partial charge on any atom is -0.311 e. The quantitative estimate of drug-likeness (QED) is 0.106. The lowest BCUT2D eigenvalue weighted by molar-refractivity contribution is 1.27. The lowest BCUT2D eigenvalue weighted by Gasteiger charge is -2.25. The molecule has 0 saturated heterocycles. The molecule has 0 spiro atoms. The van der Waals surface area contributed by atoms with Crippen molar-refractivity contribution in [2.45, 2.75) is 13.8 Å². The van der Waals surface area contributed by atoms with E-state index in [4.69, 9.17) is 6.57 Å². The number of anilines is 6. The first kappa shape index (κ1) is 35.0. The second kappa shape index (κ2) is 16.3. The van der Waals surface area contributed by atoms with Gasteiger partial charge in [-0.25, -0.2) is 4.85 Å². The highest BCUT2D eigenvalue weighted by Crippen LogP contribution is 2.37. The third-order valence-corrected chi connectivity index (χ3v) is 9.25. The molecular formula is C50H38N4. The van der Waals surface area contributed by atoms with Crippen LogP contribution in [0.2, 0.25) is 0 Å². The van der Waals surface area contributed by atoms with Gasteiger partial charge in [-0.05, 0) is 121 Å². The van der Waals surface area contributed by atoms with Crippen molar-refractivity contribution in [2.75, 3.05) is 9.80 Å². The molecule has 0 unspecified atom stereocenters. The summed E-state index contributed by atoms with van der Waals surface area (Å²) in [5.74, 6) is 0. The zero-order chi connectivity index (χ0) is 37.3. The number of benzene rings is 7. The number of aryl methyl sites for hydroxylation is 2. The first-order chi connectivity index (χ1) is 26.4. The Labute approximate surface area is 318 Å². The minimum absolute atomic E-state index is 0.626. The molecule has 0 aliphatic heterocycles. The summed E-state index contributed by atoms with van der Waals surface area (Å²) in [6.07, 6.45) is 8.53. The Kier molecular flexibility index (Phi) is 10.6. The van der Waals surface area contributed by atoms with Crippen molar-refractivity contribution in [3.63, 3.8) is 0 Å². The molecule has 7 aromatic carbocycles. The van der Waals surface area contributed by atoms with E-state index in [1.165, 1.54) is 11.1 Å². The van der Waals surface area contributed by atoms with Gasteiger partial charge in [0.1, 0.15) is 0 Å². The summed E-state index contributed by atoms with van der Waals surface area (Å²) in [5.41, 5.74) is 14.4. The van der Waals surface area contributed by atoms with Gasteiger partial charge in [0.05, 0.1) is 18.2 Å². The zero-order valence-corrected chi connectivity index (χ0v) is 30.3. The fourth-order valence-electron chi connectivity index (χ4n) is 6.22. The van der Waals surface area contributed by atoms with Crippen LogP contribution < -0.4 is 9.80 Å². The summed E-state index contributed by atoms with van der Waals surface area (Å²) < 4.78 is 0. The van der Waals surface area contributed by atoms with E-state index in [9.17, 15) is 5.26 Å². The lowest BCUT2D eigenvalue weighted by Crippen LogP contribution is -2.09. The molecule has 0 aliphatic carbocycles. The highest BCUT2D eigenvalue weighted by molar-refractivity contribution is 5.80. The number of rotatable bonds is 10. The van der Waals surface area contributed by atoms with Gasteiger partial charge in [0, 0.05) is 34.1 Å². The molecule has 0 aromatic heterocycles. The van der Waals surface area contributed by atoms with Gasteiger partial charge in [-0.2, -0.15) is 5.26 Å². The van der Waals surface area contributed by atoms with Gasteiger partial charge in [-0.15, -0.1) is 0 Å². The largest absolute Gasteiger partial charge is 0.311 e. The molecule has 0 N–H and O–H groups in total. The molecule has 0 aliphatic rings. The van der Waals surface area contributed by atoms with Crippen molar-refractivity contribution >= 4 is 64.1 Å². The number of nitriles is 1. The van der Waals surface area contributed by atoms with E-state index in [1.54, 1.807) is 0 Å². The molecular weight excluding hydrogens is 657 g/mol. The molecule has 4 heteroatoms. The average Bonchev–Trinajstić information content (AvgIpc) is 3.23. The van der Waals surface area contributed by atoms with E-state index < -0.39 is 0 Å². The smallest absolute Gasteiger partial charge is 0.187 e. The predicted octanol–water partition coefficient (Wildman–Crippen LogP) is 14.0. The van der Waals surface area contributed by atoms with Crippen molar-refractivity contribution in [2.24, 2.45) is 0 Å². The Morgan fingerprint density at radius 2 is 0.667 bits per heavy atom. The fraction of sp³-hybridized carbons (Fsp3) is 0.0400. The predicted molar refractivity (Wildman–Crippen MR) is 227 cm³/mol. The van der Waals surface area contributed by atoms with Crippen LogP contribution in [0.3, 0.4) is 0 Å². The SMILES string of the molecule is [C-]#[N+]c1ccc(N(c2ccc(C)cc2)c2ccc(/C=C/c3ccc(/C=C/c4ccc(N(c5ccc(C)cc5)c5ccc(C#N)cc5)cc4)cc3)cc2)cc1. The molecule has 54 heavy (non-hydrogen) atoms. The fourth-order valence-corrected chi connectivity index (χ4v) is 6.22. The van der Waals surface area contributed by atoms with E-state index >= 15 is 0 Å². The van der Waals surface area contributed by atoms with Crippen molar-refractivity contribution in [3.05, 3.63) is 220 Å². The van der Waals surface area contributed by atoms with Gasteiger partial charge in [0.15, 0.2) is 5.69 Å². The summed E-state index contributed by atoms with van der Waals surface area (Å²) >= 11 is 0. The van der Waals surface area contributed by atoms with Gasteiger partial charge in [0.25, 0.3) is 0 Å². The first-order valence-corrected chi connectivity index (χ1v) is 17.8. The van der Waals surface area contributed by atoms with E-state index in [1.807, 2.05) is 48.5 Å². The van der Waals surface area contributed by atoms with E-state index in [2.05, 4.69) is 180 Å². The summed E-state index contributed by atoms with van der Waals surface area (Å²) in [4.78, 5) is 7.96. The van der Waals surface area contributed by atoms with Crippen molar-refractivity contribution < 1.29 is 0 Å². The molecule has 0 radical (unpaired) electrons. The third kappa shape index (κ3) is 8.38.